The van der Waals surface area contributed by atoms with E-state index in [1.54, 1.807) is 6.07 Å². The number of piperidine rings is 1. The molecular weight excluding hydrogens is 246 g/mol. The Morgan fingerprint density at radius 3 is 2.79 bits per heavy atom. The molecule has 0 unspecified atom stereocenters. The quantitative estimate of drug-likeness (QED) is 0.884. The van der Waals surface area contributed by atoms with Gasteiger partial charge in [-0.15, -0.1) is 0 Å². The average molecular weight is 266 g/mol. The normalized spacial score (nSPS) is 21.4. The van der Waals surface area contributed by atoms with Crippen LogP contribution in [0, 0.1) is 17.6 Å². The maximum Gasteiger partial charge on any atom is 0.163 e. The first-order valence-corrected chi connectivity index (χ1v) is 7.13. The molecule has 1 saturated heterocycles. The van der Waals surface area contributed by atoms with E-state index >= 15 is 0 Å². The molecule has 1 aromatic carbocycles. The van der Waals surface area contributed by atoms with Crippen LogP contribution >= 0.6 is 0 Å². The molecule has 0 radical (unpaired) electrons. The predicted octanol–water partition coefficient (Wildman–Crippen LogP) is 2.32. The Morgan fingerprint density at radius 1 is 1.21 bits per heavy atom. The Labute approximate surface area is 112 Å². The summed E-state index contributed by atoms with van der Waals surface area (Å²) in [5.74, 6) is -0.672. The molecule has 0 saturated carbocycles. The number of fused-ring (bicyclic) bond motifs is 1. The standard InChI is InChI=1S/C15H20F2N2/c16-14-2-1-12-5-8-19(10-13(12)15(14)17)9-11-3-6-18-7-4-11/h1-2,11,18H,3-10H2. The number of nitrogens with zero attached hydrogens (tertiary/aromatic N) is 1. The number of hydrogen-bond acceptors (Lipinski definition) is 2. The fourth-order valence-electron chi connectivity index (χ4n) is 3.20. The summed E-state index contributed by atoms with van der Waals surface area (Å²) >= 11 is 0. The lowest BCUT2D eigenvalue weighted by atomic mass is 9.94. The van der Waals surface area contributed by atoms with E-state index in [-0.39, 0.29) is 0 Å². The zero-order valence-electron chi connectivity index (χ0n) is 11.1. The van der Waals surface area contributed by atoms with Crippen LogP contribution in [0.15, 0.2) is 12.1 Å². The number of halogens is 2. The van der Waals surface area contributed by atoms with Gasteiger partial charge in [-0.25, -0.2) is 8.78 Å². The second-order valence-electron chi connectivity index (χ2n) is 5.68. The topological polar surface area (TPSA) is 15.3 Å². The third-order valence-electron chi connectivity index (χ3n) is 4.35. The number of benzene rings is 1. The average Bonchev–Trinajstić information content (AvgIpc) is 2.45. The van der Waals surface area contributed by atoms with Gasteiger partial charge in [0.05, 0.1) is 0 Å². The van der Waals surface area contributed by atoms with E-state index in [0.29, 0.717) is 18.0 Å². The second-order valence-corrected chi connectivity index (χ2v) is 5.68. The van der Waals surface area contributed by atoms with Crippen LogP contribution in [0.3, 0.4) is 0 Å². The van der Waals surface area contributed by atoms with E-state index in [1.807, 2.05) is 0 Å². The molecule has 1 N–H and O–H groups in total. The van der Waals surface area contributed by atoms with Gasteiger partial charge in [0.1, 0.15) is 0 Å². The molecule has 0 aromatic heterocycles. The minimum absolute atomic E-state index is 0.558. The first kappa shape index (κ1) is 13.0. The van der Waals surface area contributed by atoms with E-state index in [9.17, 15) is 8.78 Å². The molecule has 2 aliphatic heterocycles. The van der Waals surface area contributed by atoms with E-state index in [0.717, 1.165) is 38.2 Å². The fourth-order valence-corrected chi connectivity index (χ4v) is 3.20. The highest BCUT2D eigenvalue weighted by molar-refractivity contribution is 5.31. The monoisotopic (exact) mass is 266 g/mol. The van der Waals surface area contributed by atoms with E-state index in [2.05, 4.69) is 10.2 Å². The zero-order chi connectivity index (χ0) is 13.2. The molecule has 0 atom stereocenters. The zero-order valence-corrected chi connectivity index (χ0v) is 11.1. The molecule has 0 spiro atoms. The van der Waals surface area contributed by atoms with Gasteiger partial charge in [-0.3, -0.25) is 4.90 Å². The van der Waals surface area contributed by atoms with Crippen LogP contribution < -0.4 is 5.32 Å². The Morgan fingerprint density at radius 2 is 2.00 bits per heavy atom. The number of hydrogen-bond donors (Lipinski definition) is 1. The summed E-state index contributed by atoms with van der Waals surface area (Å²) in [6.45, 7) is 4.69. The highest BCUT2D eigenvalue weighted by Crippen LogP contribution is 2.25. The van der Waals surface area contributed by atoms with Crippen molar-refractivity contribution >= 4 is 0 Å². The molecule has 4 heteroatoms. The van der Waals surface area contributed by atoms with Gasteiger partial charge in [-0.1, -0.05) is 6.07 Å². The van der Waals surface area contributed by atoms with Crippen molar-refractivity contribution in [1.29, 1.82) is 0 Å². The summed E-state index contributed by atoms with van der Waals surface area (Å²) in [6, 6.07) is 2.98. The molecule has 19 heavy (non-hydrogen) atoms. The Kier molecular flexibility index (Phi) is 3.80. The first-order valence-electron chi connectivity index (χ1n) is 7.13. The van der Waals surface area contributed by atoms with Crippen molar-refractivity contribution in [2.75, 3.05) is 26.2 Å². The lowest BCUT2D eigenvalue weighted by Gasteiger charge is -2.33. The summed E-state index contributed by atoms with van der Waals surface area (Å²) < 4.78 is 27.1. The van der Waals surface area contributed by atoms with Crippen LogP contribution in [0.5, 0.6) is 0 Å². The van der Waals surface area contributed by atoms with Crippen molar-refractivity contribution in [3.8, 4) is 0 Å². The van der Waals surface area contributed by atoms with Crippen LogP contribution in [-0.4, -0.2) is 31.1 Å². The Hall–Kier alpha value is -1.00. The highest BCUT2D eigenvalue weighted by atomic mass is 19.2. The van der Waals surface area contributed by atoms with Crippen molar-refractivity contribution < 1.29 is 8.78 Å². The van der Waals surface area contributed by atoms with Gasteiger partial charge in [0.2, 0.25) is 0 Å². The van der Waals surface area contributed by atoms with Gasteiger partial charge < -0.3 is 5.32 Å². The third kappa shape index (κ3) is 2.79. The Balaban J connectivity index is 1.69. The van der Waals surface area contributed by atoms with E-state index in [4.69, 9.17) is 0 Å². The van der Waals surface area contributed by atoms with Crippen LogP contribution in [0.4, 0.5) is 8.78 Å². The van der Waals surface area contributed by atoms with Crippen LogP contribution in [-0.2, 0) is 13.0 Å². The first-order chi connectivity index (χ1) is 9.24. The van der Waals surface area contributed by atoms with Crippen molar-refractivity contribution in [3.05, 3.63) is 34.9 Å². The van der Waals surface area contributed by atoms with Crippen molar-refractivity contribution in [2.45, 2.75) is 25.8 Å². The van der Waals surface area contributed by atoms with Gasteiger partial charge >= 0.3 is 0 Å². The smallest absolute Gasteiger partial charge is 0.163 e. The lowest BCUT2D eigenvalue weighted by Crippen LogP contribution is -2.39. The molecule has 3 rings (SSSR count). The SMILES string of the molecule is Fc1ccc2c(c1F)CN(CC1CCNCC1)CC2. The molecule has 2 heterocycles. The molecular formula is C15H20F2N2. The van der Waals surface area contributed by atoms with Crippen LogP contribution in [0.25, 0.3) is 0 Å². The fraction of sp³-hybridized carbons (Fsp3) is 0.600. The van der Waals surface area contributed by atoms with Crippen molar-refractivity contribution in [3.63, 3.8) is 0 Å². The molecule has 2 nitrogen and oxygen atoms in total. The molecule has 2 aliphatic rings. The number of nitrogens with one attached hydrogen (secondary N) is 1. The maximum atomic E-state index is 13.8. The summed E-state index contributed by atoms with van der Waals surface area (Å²) in [6.07, 6.45) is 3.21. The minimum atomic E-state index is -0.720. The maximum absolute atomic E-state index is 13.8. The van der Waals surface area contributed by atoms with Crippen LogP contribution in [0.2, 0.25) is 0 Å². The van der Waals surface area contributed by atoms with Gasteiger partial charge in [0.15, 0.2) is 11.6 Å². The molecule has 0 bridgehead atoms. The van der Waals surface area contributed by atoms with Crippen molar-refractivity contribution in [2.24, 2.45) is 5.92 Å². The van der Waals surface area contributed by atoms with Gasteiger partial charge in [0.25, 0.3) is 0 Å². The summed E-state index contributed by atoms with van der Waals surface area (Å²) in [4.78, 5) is 2.28. The van der Waals surface area contributed by atoms with Gasteiger partial charge in [-0.2, -0.15) is 0 Å². The van der Waals surface area contributed by atoms with E-state index in [1.165, 1.54) is 18.9 Å². The number of rotatable bonds is 2. The summed E-state index contributed by atoms with van der Waals surface area (Å²) in [5, 5.41) is 3.36. The highest BCUT2D eigenvalue weighted by Gasteiger charge is 2.24. The van der Waals surface area contributed by atoms with Gasteiger partial charge in [-0.05, 0) is 49.9 Å². The molecule has 1 aromatic rings. The molecule has 104 valence electrons. The second kappa shape index (κ2) is 5.55. The molecule has 0 aliphatic carbocycles. The lowest BCUT2D eigenvalue weighted by molar-refractivity contribution is 0.188. The minimum Gasteiger partial charge on any atom is -0.317 e. The summed E-state index contributed by atoms with van der Waals surface area (Å²) in [5.41, 5.74) is 1.54. The van der Waals surface area contributed by atoms with Crippen molar-refractivity contribution in [1.82, 2.24) is 10.2 Å². The van der Waals surface area contributed by atoms with E-state index < -0.39 is 11.6 Å². The van der Waals surface area contributed by atoms with Crippen LogP contribution in [0.1, 0.15) is 24.0 Å². The van der Waals surface area contributed by atoms with Gasteiger partial charge in [0, 0.05) is 25.2 Å². The third-order valence-corrected chi connectivity index (χ3v) is 4.35. The molecule has 0 amide bonds. The predicted molar refractivity (Wildman–Crippen MR) is 70.9 cm³/mol. The summed E-state index contributed by atoms with van der Waals surface area (Å²) in [7, 11) is 0. The molecule has 1 fully saturated rings. The Bertz CT molecular complexity index is 456. The largest absolute Gasteiger partial charge is 0.317 e.